The molecule has 0 amide bonds. The standard InChI is InChI=1S/C26H28N2O3.C3H8/c1-18-5-7-20(8-6-18)17-27-19(2)21-9-11-23-26(15-21)31-14-13-28(23)24-16-22(29-3)10-12-25(24)30-4;1-3-2/h5-12,15-16,27H,2,13-14,17H2,1,3-4H3;3H2,1-2H3. The number of rotatable bonds is 7. The van der Waals surface area contributed by atoms with Crippen LogP contribution >= 0.6 is 0 Å². The zero-order chi connectivity index (χ0) is 24.5. The number of methoxy groups -OCH3 is 2. The minimum Gasteiger partial charge on any atom is -0.497 e. The van der Waals surface area contributed by atoms with Crippen LogP contribution in [0.1, 0.15) is 37.0 Å². The van der Waals surface area contributed by atoms with E-state index >= 15 is 0 Å². The van der Waals surface area contributed by atoms with Crippen LogP contribution in [0.3, 0.4) is 0 Å². The summed E-state index contributed by atoms with van der Waals surface area (Å²) < 4.78 is 17.0. The van der Waals surface area contributed by atoms with E-state index in [0.717, 1.165) is 53.0 Å². The molecule has 34 heavy (non-hydrogen) atoms. The van der Waals surface area contributed by atoms with Crippen molar-refractivity contribution in [1.29, 1.82) is 0 Å². The van der Waals surface area contributed by atoms with Crippen molar-refractivity contribution in [3.05, 3.63) is 83.9 Å². The van der Waals surface area contributed by atoms with Gasteiger partial charge in [0.1, 0.15) is 23.9 Å². The van der Waals surface area contributed by atoms with Gasteiger partial charge in [-0.3, -0.25) is 0 Å². The first-order valence-electron chi connectivity index (χ1n) is 11.8. The molecule has 5 nitrogen and oxygen atoms in total. The Morgan fingerprint density at radius 1 is 0.971 bits per heavy atom. The number of ether oxygens (including phenoxy) is 3. The van der Waals surface area contributed by atoms with E-state index in [9.17, 15) is 0 Å². The first-order valence-corrected chi connectivity index (χ1v) is 11.8. The number of nitrogens with zero attached hydrogens (tertiary/aromatic N) is 1. The SMILES string of the molecule is C=C(NCc1ccc(C)cc1)c1ccc2c(c1)OCCN2c1cc(OC)ccc1OC.CCC. The molecule has 0 unspecified atom stereocenters. The molecule has 3 aromatic rings. The van der Waals surface area contributed by atoms with E-state index in [-0.39, 0.29) is 0 Å². The van der Waals surface area contributed by atoms with Crippen LogP contribution in [0.4, 0.5) is 11.4 Å². The van der Waals surface area contributed by atoms with Gasteiger partial charge in [0.25, 0.3) is 0 Å². The zero-order valence-corrected chi connectivity index (χ0v) is 21.0. The molecule has 1 heterocycles. The summed E-state index contributed by atoms with van der Waals surface area (Å²) >= 11 is 0. The fraction of sp³-hybridized carbons (Fsp3) is 0.310. The maximum absolute atomic E-state index is 5.99. The third-order valence-corrected chi connectivity index (χ3v) is 5.47. The average molecular weight is 461 g/mol. The van der Waals surface area contributed by atoms with Crippen molar-refractivity contribution < 1.29 is 14.2 Å². The lowest BCUT2D eigenvalue weighted by atomic mass is 10.1. The van der Waals surface area contributed by atoms with Gasteiger partial charge in [-0.25, -0.2) is 0 Å². The summed E-state index contributed by atoms with van der Waals surface area (Å²) in [5, 5.41) is 3.42. The number of anilines is 2. The van der Waals surface area contributed by atoms with Crippen LogP contribution in [0.5, 0.6) is 17.2 Å². The van der Waals surface area contributed by atoms with Gasteiger partial charge in [-0.2, -0.15) is 0 Å². The van der Waals surface area contributed by atoms with E-state index in [2.05, 4.69) is 74.0 Å². The molecule has 0 aromatic heterocycles. The molecule has 180 valence electrons. The summed E-state index contributed by atoms with van der Waals surface area (Å²) in [4.78, 5) is 2.20. The maximum Gasteiger partial charge on any atom is 0.143 e. The Hall–Kier alpha value is -3.60. The third kappa shape index (κ3) is 6.04. The quantitative estimate of drug-likeness (QED) is 0.424. The number of fused-ring (bicyclic) bond motifs is 1. The lowest BCUT2D eigenvalue weighted by molar-refractivity contribution is 0.313. The summed E-state index contributed by atoms with van der Waals surface area (Å²) in [5.41, 5.74) is 6.29. The summed E-state index contributed by atoms with van der Waals surface area (Å²) in [7, 11) is 3.35. The Bertz CT molecular complexity index is 1090. The molecule has 4 rings (SSSR count). The van der Waals surface area contributed by atoms with Gasteiger partial charge in [0.15, 0.2) is 0 Å². The highest BCUT2D eigenvalue weighted by Gasteiger charge is 2.23. The van der Waals surface area contributed by atoms with Crippen molar-refractivity contribution in [2.75, 3.05) is 32.3 Å². The molecule has 0 fully saturated rings. The molecular weight excluding hydrogens is 424 g/mol. The molecule has 0 aliphatic carbocycles. The fourth-order valence-electron chi connectivity index (χ4n) is 3.68. The molecule has 1 aliphatic rings. The molecule has 0 radical (unpaired) electrons. The molecule has 1 aliphatic heterocycles. The highest BCUT2D eigenvalue weighted by molar-refractivity contribution is 5.78. The predicted molar refractivity (Wildman–Crippen MR) is 142 cm³/mol. The van der Waals surface area contributed by atoms with Crippen LogP contribution in [0, 0.1) is 6.92 Å². The first-order chi connectivity index (χ1) is 16.5. The summed E-state index contributed by atoms with van der Waals surface area (Å²) in [6.07, 6.45) is 1.25. The molecule has 0 atom stereocenters. The Morgan fingerprint density at radius 2 is 1.71 bits per heavy atom. The van der Waals surface area contributed by atoms with Gasteiger partial charge in [-0.05, 0) is 36.8 Å². The van der Waals surface area contributed by atoms with Gasteiger partial charge in [-0.1, -0.05) is 62.7 Å². The van der Waals surface area contributed by atoms with E-state index < -0.39 is 0 Å². The third-order valence-electron chi connectivity index (χ3n) is 5.47. The van der Waals surface area contributed by atoms with E-state index in [1.807, 2.05) is 24.3 Å². The molecule has 0 saturated carbocycles. The largest absolute Gasteiger partial charge is 0.497 e. The van der Waals surface area contributed by atoms with Crippen LogP contribution < -0.4 is 24.4 Å². The number of nitrogens with one attached hydrogen (secondary N) is 1. The second-order valence-corrected chi connectivity index (χ2v) is 8.25. The van der Waals surface area contributed by atoms with E-state index in [0.29, 0.717) is 6.61 Å². The molecule has 5 heteroatoms. The highest BCUT2D eigenvalue weighted by Crippen LogP contribution is 2.42. The monoisotopic (exact) mass is 460 g/mol. The second kappa shape index (κ2) is 12.0. The molecule has 1 N–H and O–H groups in total. The Morgan fingerprint density at radius 3 is 2.38 bits per heavy atom. The van der Waals surface area contributed by atoms with Gasteiger partial charge in [-0.15, -0.1) is 0 Å². The topological polar surface area (TPSA) is 43.0 Å². The predicted octanol–water partition coefficient (Wildman–Crippen LogP) is 6.72. The van der Waals surface area contributed by atoms with Crippen LogP contribution in [0.25, 0.3) is 5.70 Å². The number of benzene rings is 3. The second-order valence-electron chi connectivity index (χ2n) is 8.25. The van der Waals surface area contributed by atoms with Gasteiger partial charge in [0.2, 0.25) is 0 Å². The maximum atomic E-state index is 5.99. The van der Waals surface area contributed by atoms with Gasteiger partial charge >= 0.3 is 0 Å². The minimum atomic E-state index is 0.583. The molecule has 0 saturated heterocycles. The van der Waals surface area contributed by atoms with Gasteiger partial charge in [0, 0.05) is 23.9 Å². The van der Waals surface area contributed by atoms with Crippen LogP contribution in [-0.4, -0.2) is 27.4 Å². The minimum absolute atomic E-state index is 0.583. The lowest BCUT2D eigenvalue weighted by Crippen LogP contribution is -2.29. The molecule has 0 bridgehead atoms. The summed E-state index contributed by atoms with van der Waals surface area (Å²) in [6, 6.07) is 20.5. The van der Waals surface area contributed by atoms with Crippen LogP contribution in [-0.2, 0) is 6.54 Å². The van der Waals surface area contributed by atoms with E-state index in [1.165, 1.54) is 17.5 Å². The average Bonchev–Trinajstić information content (AvgIpc) is 2.87. The van der Waals surface area contributed by atoms with Crippen molar-refractivity contribution in [2.45, 2.75) is 33.7 Å². The van der Waals surface area contributed by atoms with Crippen LogP contribution in [0.2, 0.25) is 0 Å². The molecular formula is C29H36N2O3. The van der Waals surface area contributed by atoms with Crippen molar-refractivity contribution in [1.82, 2.24) is 5.32 Å². The number of hydrogen-bond donors (Lipinski definition) is 1. The summed E-state index contributed by atoms with van der Waals surface area (Å²) in [5.74, 6) is 2.41. The number of aryl methyl sites for hydroxylation is 1. The Labute approximate surface area is 204 Å². The summed E-state index contributed by atoms with van der Waals surface area (Å²) in [6.45, 7) is 12.6. The zero-order valence-electron chi connectivity index (χ0n) is 21.0. The normalized spacial score (nSPS) is 12.0. The lowest BCUT2D eigenvalue weighted by Gasteiger charge is -2.32. The van der Waals surface area contributed by atoms with Gasteiger partial charge < -0.3 is 24.4 Å². The number of hydrogen-bond acceptors (Lipinski definition) is 5. The fourth-order valence-corrected chi connectivity index (χ4v) is 3.68. The Balaban J connectivity index is 0.00000103. The van der Waals surface area contributed by atoms with Crippen molar-refractivity contribution in [3.8, 4) is 17.2 Å². The van der Waals surface area contributed by atoms with E-state index in [4.69, 9.17) is 14.2 Å². The van der Waals surface area contributed by atoms with Crippen molar-refractivity contribution in [2.24, 2.45) is 0 Å². The molecule has 0 spiro atoms. The van der Waals surface area contributed by atoms with Crippen molar-refractivity contribution in [3.63, 3.8) is 0 Å². The van der Waals surface area contributed by atoms with Crippen molar-refractivity contribution >= 4 is 17.1 Å². The smallest absolute Gasteiger partial charge is 0.143 e. The van der Waals surface area contributed by atoms with Gasteiger partial charge in [0.05, 0.1) is 32.1 Å². The first kappa shape index (κ1) is 25.0. The van der Waals surface area contributed by atoms with E-state index in [1.54, 1.807) is 14.2 Å². The molecule has 3 aromatic carbocycles. The van der Waals surface area contributed by atoms with Crippen LogP contribution in [0.15, 0.2) is 67.2 Å². The highest BCUT2D eigenvalue weighted by atomic mass is 16.5. The Kier molecular flexibility index (Phi) is 8.86.